The topological polar surface area (TPSA) is 71.3 Å². The number of hydrogen-bond acceptors (Lipinski definition) is 5. The molecule has 1 saturated heterocycles. The lowest BCUT2D eigenvalue weighted by Gasteiger charge is -2.38. The third kappa shape index (κ3) is 3.63. The maximum absolute atomic E-state index is 13.6. The monoisotopic (exact) mass is 437 g/mol. The molecule has 3 aromatic rings. The average Bonchev–Trinajstić information content (AvgIpc) is 3.41. The maximum Gasteiger partial charge on any atom is 0.254 e. The summed E-state index contributed by atoms with van der Waals surface area (Å²) in [4.78, 5) is 35.8. The number of thiophene rings is 1. The van der Waals surface area contributed by atoms with E-state index in [4.69, 9.17) is 4.98 Å². The normalized spacial score (nSPS) is 17.4. The zero-order valence-corrected chi connectivity index (χ0v) is 18.8. The van der Waals surface area contributed by atoms with Crippen LogP contribution in [0.1, 0.15) is 49.5 Å². The van der Waals surface area contributed by atoms with Gasteiger partial charge in [-0.1, -0.05) is 12.5 Å². The molecule has 0 atom stereocenters. The SMILES string of the molecule is CC(C)n1ncc2c(C(=O)N3CCN(C(=O)C4CCC4)CC3)cc(-c3cccs3)nc21. The number of fused-ring (bicyclic) bond motifs is 1. The summed E-state index contributed by atoms with van der Waals surface area (Å²) in [6.45, 7) is 6.47. The Labute approximate surface area is 185 Å². The van der Waals surface area contributed by atoms with Gasteiger partial charge in [0, 0.05) is 38.1 Å². The van der Waals surface area contributed by atoms with Gasteiger partial charge in [-0.05, 0) is 44.2 Å². The molecule has 0 spiro atoms. The lowest BCUT2D eigenvalue weighted by Crippen LogP contribution is -2.52. The van der Waals surface area contributed by atoms with Crippen LogP contribution in [0.25, 0.3) is 21.6 Å². The van der Waals surface area contributed by atoms with E-state index in [0.29, 0.717) is 31.7 Å². The number of rotatable bonds is 4. The molecule has 7 nitrogen and oxygen atoms in total. The molecule has 3 aromatic heterocycles. The van der Waals surface area contributed by atoms with E-state index in [1.54, 1.807) is 17.5 Å². The van der Waals surface area contributed by atoms with Gasteiger partial charge in [-0.3, -0.25) is 9.59 Å². The minimum Gasteiger partial charge on any atom is -0.339 e. The zero-order chi connectivity index (χ0) is 21.5. The smallest absolute Gasteiger partial charge is 0.254 e. The lowest BCUT2D eigenvalue weighted by molar-refractivity contribution is -0.139. The van der Waals surface area contributed by atoms with Crippen LogP contribution in [0.3, 0.4) is 0 Å². The summed E-state index contributed by atoms with van der Waals surface area (Å²) in [5, 5.41) is 7.31. The van der Waals surface area contributed by atoms with Crippen molar-refractivity contribution in [3.8, 4) is 10.6 Å². The van der Waals surface area contributed by atoms with E-state index < -0.39 is 0 Å². The van der Waals surface area contributed by atoms with Crippen LogP contribution in [0, 0.1) is 5.92 Å². The van der Waals surface area contributed by atoms with Crippen molar-refractivity contribution in [1.82, 2.24) is 24.6 Å². The van der Waals surface area contributed by atoms with Crippen molar-refractivity contribution in [1.29, 1.82) is 0 Å². The summed E-state index contributed by atoms with van der Waals surface area (Å²) < 4.78 is 1.87. The molecule has 31 heavy (non-hydrogen) atoms. The fourth-order valence-corrected chi connectivity index (χ4v) is 5.02. The molecule has 5 rings (SSSR count). The van der Waals surface area contributed by atoms with Crippen LogP contribution >= 0.6 is 11.3 Å². The molecule has 2 fully saturated rings. The second-order valence-electron chi connectivity index (χ2n) is 8.70. The van der Waals surface area contributed by atoms with Crippen molar-refractivity contribution in [2.45, 2.75) is 39.2 Å². The van der Waals surface area contributed by atoms with Crippen molar-refractivity contribution in [2.24, 2.45) is 5.92 Å². The predicted molar refractivity (Wildman–Crippen MR) is 121 cm³/mol. The van der Waals surface area contributed by atoms with Crippen molar-refractivity contribution in [2.75, 3.05) is 26.2 Å². The van der Waals surface area contributed by atoms with Gasteiger partial charge in [0.2, 0.25) is 5.91 Å². The number of carbonyl (C=O) groups is 2. The third-order valence-corrected chi connectivity index (χ3v) is 7.29. The molecular formula is C23H27N5O2S. The Bertz CT molecular complexity index is 1110. The highest BCUT2D eigenvalue weighted by atomic mass is 32.1. The van der Waals surface area contributed by atoms with Gasteiger partial charge in [-0.15, -0.1) is 11.3 Å². The standard InChI is InChI=1S/C23H27N5O2S/c1-15(2)28-21-18(14-24-28)17(13-19(25-21)20-7-4-12-31-20)23(30)27-10-8-26(9-11-27)22(29)16-5-3-6-16/h4,7,12-16H,3,5-6,8-11H2,1-2H3. The summed E-state index contributed by atoms with van der Waals surface area (Å²) in [6, 6.07) is 6.06. The van der Waals surface area contributed by atoms with E-state index in [1.165, 1.54) is 0 Å². The van der Waals surface area contributed by atoms with E-state index in [2.05, 4.69) is 18.9 Å². The van der Waals surface area contributed by atoms with Gasteiger partial charge in [0.1, 0.15) is 0 Å². The first-order valence-corrected chi connectivity index (χ1v) is 11.9. The number of piperazine rings is 1. The van der Waals surface area contributed by atoms with Crippen LogP contribution in [0.4, 0.5) is 0 Å². The Morgan fingerprint density at radius 3 is 2.48 bits per heavy atom. The molecule has 1 aliphatic heterocycles. The molecule has 1 aliphatic carbocycles. The quantitative estimate of drug-likeness (QED) is 0.622. The summed E-state index contributed by atoms with van der Waals surface area (Å²) in [7, 11) is 0. The van der Waals surface area contributed by atoms with Crippen LogP contribution in [0.5, 0.6) is 0 Å². The van der Waals surface area contributed by atoms with Crippen LogP contribution < -0.4 is 0 Å². The summed E-state index contributed by atoms with van der Waals surface area (Å²) in [5.74, 6) is 0.462. The molecule has 2 aliphatic rings. The highest BCUT2D eigenvalue weighted by molar-refractivity contribution is 7.13. The van der Waals surface area contributed by atoms with Crippen molar-refractivity contribution in [3.63, 3.8) is 0 Å². The molecule has 2 amide bonds. The maximum atomic E-state index is 13.6. The van der Waals surface area contributed by atoms with E-state index in [1.807, 2.05) is 38.1 Å². The molecule has 0 bridgehead atoms. The summed E-state index contributed by atoms with van der Waals surface area (Å²) in [5.41, 5.74) is 2.18. The van der Waals surface area contributed by atoms with Crippen LogP contribution in [0.15, 0.2) is 29.8 Å². The first kappa shape index (κ1) is 20.2. The predicted octanol–water partition coefficient (Wildman–Crippen LogP) is 3.83. The Balaban J connectivity index is 1.44. The number of hydrogen-bond donors (Lipinski definition) is 0. The zero-order valence-electron chi connectivity index (χ0n) is 18.0. The first-order chi connectivity index (χ1) is 15.0. The van der Waals surface area contributed by atoms with Crippen molar-refractivity contribution < 1.29 is 9.59 Å². The Hall–Kier alpha value is -2.74. The minimum atomic E-state index is -0.00995. The largest absolute Gasteiger partial charge is 0.339 e. The Morgan fingerprint density at radius 2 is 1.87 bits per heavy atom. The fraction of sp³-hybridized carbons (Fsp3) is 0.478. The molecule has 162 valence electrons. The molecule has 1 saturated carbocycles. The van der Waals surface area contributed by atoms with Gasteiger partial charge in [0.15, 0.2) is 5.65 Å². The van der Waals surface area contributed by atoms with Crippen LogP contribution in [0.2, 0.25) is 0 Å². The van der Waals surface area contributed by atoms with E-state index in [-0.39, 0.29) is 23.8 Å². The minimum absolute atomic E-state index is 0.00995. The van der Waals surface area contributed by atoms with Gasteiger partial charge >= 0.3 is 0 Å². The summed E-state index contributed by atoms with van der Waals surface area (Å²) >= 11 is 1.61. The van der Waals surface area contributed by atoms with E-state index in [9.17, 15) is 9.59 Å². The van der Waals surface area contributed by atoms with Gasteiger partial charge < -0.3 is 9.80 Å². The molecule has 4 heterocycles. The fourth-order valence-electron chi connectivity index (χ4n) is 4.34. The molecular weight excluding hydrogens is 410 g/mol. The Morgan fingerprint density at radius 1 is 1.13 bits per heavy atom. The molecule has 0 radical (unpaired) electrons. The van der Waals surface area contributed by atoms with Crippen LogP contribution in [-0.4, -0.2) is 62.6 Å². The Kier molecular flexibility index (Phi) is 5.25. The van der Waals surface area contributed by atoms with Gasteiger partial charge in [0.25, 0.3) is 5.91 Å². The van der Waals surface area contributed by atoms with Crippen molar-refractivity contribution >= 4 is 34.2 Å². The number of aromatic nitrogens is 3. The van der Waals surface area contributed by atoms with Crippen molar-refractivity contribution in [3.05, 3.63) is 35.3 Å². The highest BCUT2D eigenvalue weighted by Crippen LogP contribution is 2.31. The van der Waals surface area contributed by atoms with E-state index >= 15 is 0 Å². The molecule has 0 unspecified atom stereocenters. The first-order valence-electron chi connectivity index (χ1n) is 11.0. The van der Waals surface area contributed by atoms with Gasteiger partial charge in [-0.25, -0.2) is 9.67 Å². The molecule has 0 N–H and O–H groups in total. The summed E-state index contributed by atoms with van der Waals surface area (Å²) in [6.07, 6.45) is 4.93. The number of nitrogens with zero attached hydrogens (tertiary/aromatic N) is 5. The third-order valence-electron chi connectivity index (χ3n) is 6.39. The number of pyridine rings is 1. The number of carbonyl (C=O) groups excluding carboxylic acids is 2. The molecule has 8 heteroatoms. The number of amides is 2. The van der Waals surface area contributed by atoms with E-state index in [0.717, 1.165) is 40.9 Å². The lowest BCUT2D eigenvalue weighted by atomic mass is 9.84. The second kappa shape index (κ2) is 8.07. The highest BCUT2D eigenvalue weighted by Gasteiger charge is 2.32. The van der Waals surface area contributed by atoms with Crippen LogP contribution in [-0.2, 0) is 4.79 Å². The van der Waals surface area contributed by atoms with Gasteiger partial charge in [0.05, 0.1) is 27.7 Å². The molecule has 0 aromatic carbocycles. The second-order valence-corrected chi connectivity index (χ2v) is 9.65. The average molecular weight is 438 g/mol. The van der Waals surface area contributed by atoms with Gasteiger partial charge in [-0.2, -0.15) is 5.10 Å².